The van der Waals surface area contributed by atoms with Crippen LogP contribution in [0.2, 0.25) is 0 Å². The lowest BCUT2D eigenvalue weighted by atomic mass is 10.0. The molecule has 25 heavy (non-hydrogen) atoms. The van der Waals surface area contributed by atoms with Crippen LogP contribution in [-0.2, 0) is 11.2 Å². The van der Waals surface area contributed by atoms with Gasteiger partial charge >= 0.3 is 6.18 Å². The van der Waals surface area contributed by atoms with Gasteiger partial charge in [0, 0.05) is 0 Å². The molecule has 0 radical (unpaired) electrons. The summed E-state index contributed by atoms with van der Waals surface area (Å²) in [6.07, 6.45) is -4.66. The van der Waals surface area contributed by atoms with E-state index < -0.39 is 18.1 Å². The summed E-state index contributed by atoms with van der Waals surface area (Å²) in [6, 6.07) is 18.4. The maximum atomic E-state index is 13.3. The van der Waals surface area contributed by atoms with Gasteiger partial charge in [0.05, 0.1) is 6.42 Å². The molecule has 0 aromatic heterocycles. The molecule has 1 amide bonds. The van der Waals surface area contributed by atoms with Crippen LogP contribution in [0.5, 0.6) is 0 Å². The zero-order valence-electron chi connectivity index (χ0n) is 13.3. The average Bonchev–Trinajstić information content (AvgIpc) is 2.59. The van der Waals surface area contributed by atoms with Gasteiger partial charge in [0.15, 0.2) is 6.04 Å². The number of nitrogens with one attached hydrogen (secondary N) is 1. The predicted molar refractivity (Wildman–Crippen MR) is 91.0 cm³/mol. The van der Waals surface area contributed by atoms with Crippen LogP contribution in [0.15, 0.2) is 72.8 Å². The molecule has 1 atom stereocenters. The topological polar surface area (TPSA) is 29.1 Å². The molecule has 3 rings (SSSR count). The fraction of sp³-hybridized carbons (Fsp3) is 0.150. The smallest absolute Gasteiger partial charge is 0.341 e. The minimum atomic E-state index is -4.56. The van der Waals surface area contributed by atoms with Crippen molar-refractivity contribution in [1.82, 2.24) is 5.32 Å². The van der Waals surface area contributed by atoms with Gasteiger partial charge in [-0.3, -0.25) is 4.79 Å². The van der Waals surface area contributed by atoms with Crippen LogP contribution in [0.1, 0.15) is 17.2 Å². The van der Waals surface area contributed by atoms with E-state index in [9.17, 15) is 18.0 Å². The van der Waals surface area contributed by atoms with Crippen molar-refractivity contribution in [3.05, 3.63) is 83.9 Å². The van der Waals surface area contributed by atoms with Gasteiger partial charge in [-0.2, -0.15) is 13.2 Å². The molecule has 128 valence electrons. The molecular formula is C20H16F3NO. The molecule has 0 aliphatic rings. The number of benzene rings is 3. The Hall–Kier alpha value is -2.82. The maximum absolute atomic E-state index is 13.3. The van der Waals surface area contributed by atoms with Gasteiger partial charge in [-0.1, -0.05) is 72.8 Å². The molecule has 0 aliphatic carbocycles. The lowest BCUT2D eigenvalue weighted by Crippen LogP contribution is -2.38. The van der Waals surface area contributed by atoms with Gasteiger partial charge in [0.25, 0.3) is 0 Å². The summed E-state index contributed by atoms with van der Waals surface area (Å²) in [4.78, 5) is 12.2. The van der Waals surface area contributed by atoms with Crippen molar-refractivity contribution in [2.24, 2.45) is 0 Å². The standard InChI is InChI=1S/C20H16F3NO/c21-20(22,23)19(16-7-2-1-3-8-16)24-18(25)13-14-10-11-15-6-4-5-9-17(15)12-14/h1-12,19H,13H2,(H,24,25)/t19-/m1/s1. The van der Waals surface area contributed by atoms with Crippen molar-refractivity contribution in [2.45, 2.75) is 18.6 Å². The van der Waals surface area contributed by atoms with Crippen LogP contribution in [0.4, 0.5) is 13.2 Å². The van der Waals surface area contributed by atoms with Gasteiger partial charge in [0.2, 0.25) is 5.91 Å². The van der Waals surface area contributed by atoms with Crippen molar-refractivity contribution >= 4 is 16.7 Å². The number of halogens is 3. The molecule has 0 saturated heterocycles. The summed E-state index contributed by atoms with van der Waals surface area (Å²) in [7, 11) is 0. The summed E-state index contributed by atoms with van der Waals surface area (Å²) in [5.74, 6) is -0.665. The number of hydrogen-bond acceptors (Lipinski definition) is 1. The second-order valence-electron chi connectivity index (χ2n) is 5.81. The normalized spacial score (nSPS) is 12.8. The van der Waals surface area contributed by atoms with E-state index >= 15 is 0 Å². The predicted octanol–water partition coefficient (Wildman–Crippen LogP) is 4.80. The number of alkyl halides is 3. The molecule has 0 saturated carbocycles. The Labute approximate surface area is 143 Å². The van der Waals surface area contributed by atoms with Gasteiger partial charge < -0.3 is 5.32 Å². The SMILES string of the molecule is O=C(Cc1ccc2ccccc2c1)N[C@H](c1ccccc1)C(F)(F)F. The molecule has 3 aromatic carbocycles. The van der Waals surface area contributed by atoms with Crippen LogP contribution < -0.4 is 5.32 Å². The summed E-state index contributed by atoms with van der Waals surface area (Å²) < 4.78 is 39.9. The van der Waals surface area contributed by atoms with Crippen LogP contribution in [0.3, 0.4) is 0 Å². The van der Waals surface area contributed by atoms with Crippen LogP contribution in [0, 0.1) is 0 Å². The number of rotatable bonds is 4. The third-order valence-electron chi connectivity index (χ3n) is 3.94. The monoisotopic (exact) mass is 343 g/mol. The lowest BCUT2D eigenvalue weighted by molar-refractivity contribution is -0.163. The molecular weight excluding hydrogens is 327 g/mol. The second-order valence-corrected chi connectivity index (χ2v) is 5.81. The molecule has 0 heterocycles. The van der Waals surface area contributed by atoms with E-state index in [2.05, 4.69) is 5.32 Å². The molecule has 2 nitrogen and oxygen atoms in total. The summed E-state index contributed by atoms with van der Waals surface area (Å²) in [5.41, 5.74) is 0.687. The number of carbonyl (C=O) groups excluding carboxylic acids is 1. The van der Waals surface area contributed by atoms with Gasteiger partial charge in [-0.05, 0) is 21.9 Å². The molecule has 0 fully saturated rings. The Morgan fingerprint density at radius 2 is 1.52 bits per heavy atom. The first-order valence-electron chi connectivity index (χ1n) is 7.82. The van der Waals surface area contributed by atoms with Crippen LogP contribution in [-0.4, -0.2) is 12.1 Å². The van der Waals surface area contributed by atoms with Crippen molar-refractivity contribution in [3.63, 3.8) is 0 Å². The highest BCUT2D eigenvalue weighted by atomic mass is 19.4. The number of fused-ring (bicyclic) bond motifs is 1. The zero-order valence-corrected chi connectivity index (χ0v) is 13.3. The average molecular weight is 343 g/mol. The minimum absolute atomic E-state index is 0.0156. The van der Waals surface area contributed by atoms with Gasteiger partial charge in [-0.25, -0.2) is 0 Å². The first-order valence-corrected chi connectivity index (χ1v) is 7.82. The largest absolute Gasteiger partial charge is 0.412 e. The highest BCUT2D eigenvalue weighted by molar-refractivity contribution is 5.85. The van der Waals surface area contributed by atoms with Crippen molar-refractivity contribution in [2.75, 3.05) is 0 Å². The Morgan fingerprint density at radius 1 is 0.880 bits per heavy atom. The fourth-order valence-corrected chi connectivity index (χ4v) is 2.75. The van der Waals surface area contributed by atoms with Gasteiger partial charge in [-0.15, -0.1) is 0 Å². The van der Waals surface area contributed by atoms with E-state index in [4.69, 9.17) is 0 Å². The highest BCUT2D eigenvalue weighted by Crippen LogP contribution is 2.32. The Balaban J connectivity index is 1.77. The van der Waals surface area contributed by atoms with Crippen LogP contribution in [0.25, 0.3) is 10.8 Å². The van der Waals surface area contributed by atoms with Crippen LogP contribution >= 0.6 is 0 Å². The summed E-state index contributed by atoms with van der Waals surface area (Å²) >= 11 is 0. The minimum Gasteiger partial charge on any atom is -0.341 e. The van der Waals surface area contributed by atoms with Crippen molar-refractivity contribution in [1.29, 1.82) is 0 Å². The van der Waals surface area contributed by atoms with E-state index in [0.717, 1.165) is 10.8 Å². The molecule has 3 aromatic rings. The third kappa shape index (κ3) is 4.18. The zero-order chi connectivity index (χ0) is 17.9. The molecule has 0 aliphatic heterocycles. The summed E-state index contributed by atoms with van der Waals surface area (Å²) in [5, 5.41) is 4.07. The maximum Gasteiger partial charge on any atom is 0.412 e. The Bertz CT molecular complexity index is 875. The van der Waals surface area contributed by atoms with E-state index in [1.807, 2.05) is 36.4 Å². The first-order chi connectivity index (χ1) is 11.9. The number of hydrogen-bond donors (Lipinski definition) is 1. The van der Waals surface area contributed by atoms with E-state index in [0.29, 0.717) is 5.56 Å². The molecule has 0 spiro atoms. The molecule has 0 unspecified atom stereocenters. The number of carbonyl (C=O) groups is 1. The van der Waals surface area contributed by atoms with E-state index in [1.54, 1.807) is 12.1 Å². The third-order valence-corrected chi connectivity index (χ3v) is 3.94. The first kappa shape index (κ1) is 17.0. The molecule has 1 N–H and O–H groups in total. The fourth-order valence-electron chi connectivity index (χ4n) is 2.75. The van der Waals surface area contributed by atoms with E-state index in [1.165, 1.54) is 24.3 Å². The lowest BCUT2D eigenvalue weighted by Gasteiger charge is -2.22. The van der Waals surface area contributed by atoms with Gasteiger partial charge in [0.1, 0.15) is 0 Å². The number of amides is 1. The second kappa shape index (κ2) is 6.97. The molecule has 5 heteroatoms. The molecule has 0 bridgehead atoms. The van der Waals surface area contributed by atoms with Crippen molar-refractivity contribution in [3.8, 4) is 0 Å². The Kier molecular flexibility index (Phi) is 4.74. The van der Waals surface area contributed by atoms with E-state index in [-0.39, 0.29) is 12.0 Å². The van der Waals surface area contributed by atoms with Crippen molar-refractivity contribution < 1.29 is 18.0 Å². The Morgan fingerprint density at radius 3 is 2.20 bits per heavy atom. The summed E-state index contributed by atoms with van der Waals surface area (Å²) in [6.45, 7) is 0. The quantitative estimate of drug-likeness (QED) is 0.724. The highest BCUT2D eigenvalue weighted by Gasteiger charge is 2.41.